The van der Waals surface area contributed by atoms with Gasteiger partial charge in [0.25, 0.3) is 0 Å². The van der Waals surface area contributed by atoms with E-state index in [0.29, 0.717) is 0 Å². The number of rotatable bonds is 7. The van der Waals surface area contributed by atoms with E-state index in [0.717, 1.165) is 44.4 Å². The second-order valence-electron chi connectivity index (χ2n) is 6.19. The summed E-state index contributed by atoms with van der Waals surface area (Å²) in [7, 11) is 0. The summed E-state index contributed by atoms with van der Waals surface area (Å²) in [5.74, 6) is -0.165. The number of hydrogen-bond acceptors (Lipinski definition) is 2. The number of hydrogen-bond donors (Lipinski definition) is 2. The fourth-order valence-corrected chi connectivity index (χ4v) is 3.07. The summed E-state index contributed by atoms with van der Waals surface area (Å²) in [5.41, 5.74) is 0. The van der Waals surface area contributed by atoms with Crippen LogP contribution in [0.15, 0.2) is 0 Å². The molecule has 2 amide bonds. The predicted octanol–water partition coefficient (Wildman–Crippen LogP) is 2.60. The number of carbonyl (C=O) groups is 2. The van der Waals surface area contributed by atoms with E-state index in [2.05, 4.69) is 12.2 Å². The number of nitrogens with zero attached hydrogens (tertiary/aromatic N) is 1. The van der Waals surface area contributed by atoms with Crippen molar-refractivity contribution in [2.24, 2.45) is 5.92 Å². The van der Waals surface area contributed by atoms with Crippen molar-refractivity contribution in [2.45, 2.75) is 70.4 Å². The van der Waals surface area contributed by atoms with E-state index in [4.69, 9.17) is 5.11 Å². The Morgan fingerprint density at radius 1 is 1.25 bits per heavy atom. The quantitative estimate of drug-likeness (QED) is 0.754. The third-order valence-corrected chi connectivity index (χ3v) is 4.47. The van der Waals surface area contributed by atoms with Crippen molar-refractivity contribution in [1.29, 1.82) is 0 Å². The lowest BCUT2D eigenvalue weighted by Crippen LogP contribution is -2.50. The molecule has 0 aromatic heterocycles. The molecule has 2 aliphatic carbocycles. The lowest BCUT2D eigenvalue weighted by molar-refractivity contribution is -0.138. The Bertz CT molecular complexity index is 349. The van der Waals surface area contributed by atoms with Gasteiger partial charge in [0, 0.05) is 12.1 Å². The number of aliphatic carboxylic acids is 1. The Kier molecular flexibility index (Phi) is 5.26. The van der Waals surface area contributed by atoms with Crippen molar-refractivity contribution in [3.8, 4) is 0 Å². The Hall–Kier alpha value is -1.26. The van der Waals surface area contributed by atoms with E-state index in [-0.39, 0.29) is 24.7 Å². The molecule has 114 valence electrons. The molecule has 2 fully saturated rings. The topological polar surface area (TPSA) is 69.6 Å². The number of carboxylic acids is 1. The highest BCUT2D eigenvalue weighted by atomic mass is 16.4. The highest BCUT2D eigenvalue weighted by molar-refractivity contribution is 5.80. The third kappa shape index (κ3) is 4.39. The van der Waals surface area contributed by atoms with Gasteiger partial charge in [-0.1, -0.05) is 32.6 Å². The van der Waals surface area contributed by atoms with Gasteiger partial charge in [-0.05, 0) is 31.6 Å². The van der Waals surface area contributed by atoms with Crippen LogP contribution in [0.3, 0.4) is 0 Å². The molecule has 2 aliphatic rings. The second kappa shape index (κ2) is 6.95. The first-order valence-electron chi connectivity index (χ1n) is 7.89. The number of urea groups is 1. The maximum absolute atomic E-state index is 12.4. The van der Waals surface area contributed by atoms with Crippen LogP contribution in [0.1, 0.15) is 58.3 Å². The molecule has 0 aromatic carbocycles. The van der Waals surface area contributed by atoms with Crippen LogP contribution in [0.2, 0.25) is 0 Å². The van der Waals surface area contributed by atoms with Gasteiger partial charge in [-0.15, -0.1) is 0 Å². The number of carboxylic acid groups (broad SMARTS) is 1. The van der Waals surface area contributed by atoms with Crippen LogP contribution in [-0.4, -0.2) is 40.6 Å². The Morgan fingerprint density at radius 3 is 2.40 bits per heavy atom. The van der Waals surface area contributed by atoms with E-state index in [1.807, 2.05) is 0 Å². The van der Waals surface area contributed by atoms with Crippen LogP contribution >= 0.6 is 0 Å². The summed E-state index contributed by atoms with van der Waals surface area (Å²) in [4.78, 5) is 24.9. The molecule has 0 radical (unpaired) electrons. The summed E-state index contributed by atoms with van der Waals surface area (Å²) in [6.45, 7) is 1.89. The van der Waals surface area contributed by atoms with Crippen molar-refractivity contribution in [3.63, 3.8) is 0 Å². The van der Waals surface area contributed by atoms with Crippen molar-refractivity contribution in [2.75, 3.05) is 6.54 Å². The van der Waals surface area contributed by atoms with Crippen LogP contribution in [0.4, 0.5) is 4.79 Å². The lowest BCUT2D eigenvalue weighted by atomic mass is 10.1. The van der Waals surface area contributed by atoms with E-state index in [9.17, 15) is 9.59 Å². The highest BCUT2D eigenvalue weighted by Crippen LogP contribution is 2.34. The summed E-state index contributed by atoms with van der Waals surface area (Å²) < 4.78 is 0. The van der Waals surface area contributed by atoms with Crippen molar-refractivity contribution >= 4 is 12.0 Å². The molecule has 1 atom stereocenters. The van der Waals surface area contributed by atoms with Crippen LogP contribution in [0, 0.1) is 5.92 Å². The van der Waals surface area contributed by atoms with E-state index < -0.39 is 5.97 Å². The van der Waals surface area contributed by atoms with Gasteiger partial charge in [0.1, 0.15) is 6.54 Å². The second-order valence-corrected chi connectivity index (χ2v) is 6.19. The number of amides is 2. The van der Waals surface area contributed by atoms with Gasteiger partial charge < -0.3 is 15.3 Å². The largest absolute Gasteiger partial charge is 0.480 e. The van der Waals surface area contributed by atoms with E-state index >= 15 is 0 Å². The SMILES string of the molecule is CCC(CC1CC1)NC(=O)N(CC(=O)O)C1CCCC1. The van der Waals surface area contributed by atoms with Crippen LogP contribution in [0.5, 0.6) is 0 Å². The Labute approximate surface area is 120 Å². The molecular formula is C15H26N2O3. The van der Waals surface area contributed by atoms with Crippen molar-refractivity contribution in [1.82, 2.24) is 10.2 Å². The summed E-state index contributed by atoms with van der Waals surface area (Å²) in [5, 5.41) is 12.1. The average Bonchev–Trinajstić information content (AvgIpc) is 3.05. The molecule has 0 bridgehead atoms. The summed E-state index contributed by atoms with van der Waals surface area (Å²) in [6.07, 6.45) is 8.53. The molecule has 5 nitrogen and oxygen atoms in total. The van der Waals surface area contributed by atoms with E-state index in [1.54, 1.807) is 0 Å². The van der Waals surface area contributed by atoms with Gasteiger partial charge in [-0.2, -0.15) is 0 Å². The Balaban J connectivity index is 1.91. The minimum absolute atomic E-state index is 0.101. The molecule has 0 heterocycles. The lowest BCUT2D eigenvalue weighted by Gasteiger charge is -2.29. The van der Waals surface area contributed by atoms with Crippen LogP contribution in [-0.2, 0) is 4.79 Å². The molecule has 2 saturated carbocycles. The first kappa shape index (κ1) is 15.1. The molecule has 1 unspecified atom stereocenters. The van der Waals surface area contributed by atoms with Gasteiger partial charge in [-0.3, -0.25) is 4.79 Å². The standard InChI is InChI=1S/C15H26N2O3/c1-2-12(9-11-7-8-11)16-15(20)17(10-14(18)19)13-5-3-4-6-13/h11-13H,2-10H2,1H3,(H,16,20)(H,18,19). The Morgan fingerprint density at radius 2 is 1.90 bits per heavy atom. The minimum Gasteiger partial charge on any atom is -0.480 e. The van der Waals surface area contributed by atoms with Crippen molar-refractivity contribution in [3.05, 3.63) is 0 Å². The normalized spacial score (nSPS) is 20.6. The van der Waals surface area contributed by atoms with Crippen LogP contribution in [0.25, 0.3) is 0 Å². The van der Waals surface area contributed by atoms with E-state index in [1.165, 1.54) is 17.7 Å². The molecule has 0 aliphatic heterocycles. The minimum atomic E-state index is -0.928. The fraction of sp³-hybridized carbons (Fsp3) is 0.867. The van der Waals surface area contributed by atoms with Crippen LogP contribution < -0.4 is 5.32 Å². The first-order valence-corrected chi connectivity index (χ1v) is 7.89. The smallest absolute Gasteiger partial charge is 0.323 e. The number of nitrogens with one attached hydrogen (secondary N) is 1. The summed E-state index contributed by atoms with van der Waals surface area (Å²) >= 11 is 0. The summed E-state index contributed by atoms with van der Waals surface area (Å²) in [6, 6.07) is 0.101. The fourth-order valence-electron chi connectivity index (χ4n) is 3.07. The van der Waals surface area contributed by atoms with Gasteiger partial charge >= 0.3 is 12.0 Å². The zero-order valence-corrected chi connectivity index (χ0v) is 12.3. The van der Waals surface area contributed by atoms with Gasteiger partial charge in [-0.25, -0.2) is 4.79 Å². The molecule has 0 spiro atoms. The number of carbonyl (C=O) groups excluding carboxylic acids is 1. The van der Waals surface area contributed by atoms with Gasteiger partial charge in [0.15, 0.2) is 0 Å². The highest BCUT2D eigenvalue weighted by Gasteiger charge is 2.31. The maximum Gasteiger partial charge on any atom is 0.323 e. The predicted molar refractivity (Wildman–Crippen MR) is 76.5 cm³/mol. The van der Waals surface area contributed by atoms with Crippen molar-refractivity contribution < 1.29 is 14.7 Å². The monoisotopic (exact) mass is 282 g/mol. The zero-order chi connectivity index (χ0) is 14.5. The molecule has 20 heavy (non-hydrogen) atoms. The molecule has 2 rings (SSSR count). The molecule has 5 heteroatoms. The van der Waals surface area contributed by atoms with Gasteiger partial charge in [0.05, 0.1) is 0 Å². The molecule has 0 saturated heterocycles. The first-order chi connectivity index (χ1) is 9.60. The molecule has 2 N–H and O–H groups in total. The maximum atomic E-state index is 12.4. The zero-order valence-electron chi connectivity index (χ0n) is 12.3. The molecular weight excluding hydrogens is 256 g/mol. The average molecular weight is 282 g/mol. The molecule has 0 aromatic rings. The third-order valence-electron chi connectivity index (χ3n) is 4.47. The van der Waals surface area contributed by atoms with Gasteiger partial charge in [0.2, 0.25) is 0 Å².